The van der Waals surface area contributed by atoms with Crippen LogP contribution in [0, 0.1) is 0 Å². The zero-order valence-electron chi connectivity index (χ0n) is 3.30. The Balaban J connectivity index is -0.00000000167. The summed E-state index contributed by atoms with van der Waals surface area (Å²) in [7, 11) is 0. The molecule has 0 fully saturated rings. The van der Waals surface area contributed by atoms with Gasteiger partial charge in [0, 0.05) is 0 Å². The summed E-state index contributed by atoms with van der Waals surface area (Å²) in [5, 5.41) is 0. The summed E-state index contributed by atoms with van der Waals surface area (Å²) < 4.78 is 0. The van der Waals surface area contributed by atoms with E-state index in [1.54, 1.807) is 0 Å². The minimum absolute atomic E-state index is 0. The van der Waals surface area contributed by atoms with Crippen LogP contribution in [0.2, 0.25) is 0 Å². The first-order valence-electron chi connectivity index (χ1n) is 0.200. The molecule has 0 spiro atoms. The van der Waals surface area contributed by atoms with Crippen molar-refractivity contribution in [2.75, 3.05) is 0 Å². The van der Waals surface area contributed by atoms with Crippen LogP contribution in [-0.4, -0.2) is 0 Å². The summed E-state index contributed by atoms with van der Waals surface area (Å²) in [5.74, 6) is 0. The minimum atomic E-state index is 0. The van der Waals surface area contributed by atoms with Gasteiger partial charge < -0.3 is 13.5 Å². The van der Waals surface area contributed by atoms with E-state index in [2.05, 4.69) is 23.3 Å². The van der Waals surface area contributed by atoms with Gasteiger partial charge in [-0.2, -0.15) is 0 Å². The summed E-state index contributed by atoms with van der Waals surface area (Å²) in [5.41, 5.74) is 0. The topological polar surface area (TPSA) is 0 Å². The van der Waals surface area contributed by atoms with Gasteiger partial charge in [0.1, 0.15) is 0 Å². The third-order valence-electron chi connectivity index (χ3n) is 0. The summed E-state index contributed by atoms with van der Waals surface area (Å²) >= 11 is 6.44. The van der Waals surface area contributed by atoms with Crippen LogP contribution in [0.3, 0.4) is 0 Å². The van der Waals surface area contributed by atoms with E-state index in [0.29, 0.717) is 0 Å². The summed E-state index contributed by atoms with van der Waals surface area (Å²) in [4.78, 5) is 0. The molecule has 0 heterocycles. The molecule has 5 heavy (non-hydrogen) atoms. The fourth-order valence-corrected chi connectivity index (χ4v) is 0. The number of rotatable bonds is 0. The number of thiol groups is 2. The van der Waals surface area contributed by atoms with E-state index in [9.17, 15) is 0 Å². The summed E-state index contributed by atoms with van der Waals surface area (Å²) in [6, 6.07) is 0. The van der Waals surface area contributed by atoms with Gasteiger partial charge in [0.05, 0.1) is 0 Å². The van der Waals surface area contributed by atoms with Crippen LogP contribution in [0.4, 0.5) is 0 Å². The Bertz CT molecular complexity index is 4.85. The van der Waals surface area contributed by atoms with Crippen LogP contribution < -0.4 is 37.7 Å². The van der Waals surface area contributed by atoms with Crippen molar-refractivity contribution in [3.8, 4) is 0 Å². The summed E-state index contributed by atoms with van der Waals surface area (Å²) in [6.07, 6.45) is 0. The summed E-state index contributed by atoms with van der Waals surface area (Å²) in [6.45, 7) is 0. The Morgan fingerprint density at radius 2 is 0.800 bits per heavy atom. The molecule has 0 rings (SSSR count). The van der Waals surface area contributed by atoms with Crippen LogP contribution in [-0.2, 0) is 13.5 Å². The molecule has 0 unspecified atom stereocenters. The fourth-order valence-electron chi connectivity index (χ4n) is 0. The Labute approximate surface area is 73.9 Å². The van der Waals surface area contributed by atoms with Gasteiger partial charge in [0.25, 0.3) is 0 Å². The van der Waals surface area contributed by atoms with Crippen molar-refractivity contribution in [1.29, 1.82) is 0 Å². The average molecular weight is 112 g/mol. The monoisotopic (exact) mass is 112 g/mol. The van der Waals surface area contributed by atoms with Gasteiger partial charge in [-0.15, -0.1) is 23.3 Å². The van der Waals surface area contributed by atoms with Crippen LogP contribution >= 0.6 is 23.3 Å². The largest absolute Gasteiger partial charge is 2.00 e. The molecule has 0 N–H and O–H groups in total. The van der Waals surface area contributed by atoms with Gasteiger partial charge in [0.2, 0.25) is 0 Å². The van der Waals surface area contributed by atoms with Crippen molar-refractivity contribution in [3.63, 3.8) is 0 Å². The van der Waals surface area contributed by atoms with E-state index in [1.165, 1.54) is 0 Å². The standard InChI is InChI=1S/2Li.H2S2.S/c;;1-2;/h;;1-2H;/q2*+1;;-2. The van der Waals surface area contributed by atoms with Crippen LogP contribution in [0.1, 0.15) is 0 Å². The maximum Gasteiger partial charge on any atom is 1.00 e. The van der Waals surface area contributed by atoms with Crippen molar-refractivity contribution in [2.24, 2.45) is 0 Å². The molecule has 5 heteroatoms. The molecule has 0 saturated carbocycles. The van der Waals surface area contributed by atoms with Gasteiger partial charge >= 0.3 is 37.7 Å². The second-order valence-electron chi connectivity index (χ2n) is 0. The van der Waals surface area contributed by atoms with E-state index < -0.39 is 0 Å². The molecule has 0 atom stereocenters. The molecule has 0 aromatic rings. The number of hydrogen-bond acceptors (Lipinski definition) is 2. The first kappa shape index (κ1) is 26.8. The van der Waals surface area contributed by atoms with Gasteiger partial charge in [-0.05, 0) is 0 Å². The van der Waals surface area contributed by atoms with E-state index in [0.717, 1.165) is 0 Å². The van der Waals surface area contributed by atoms with Gasteiger partial charge in [-0.1, -0.05) is 0 Å². The molecule has 0 aromatic carbocycles. The third kappa shape index (κ3) is 22.3. The van der Waals surface area contributed by atoms with E-state index in [-0.39, 0.29) is 51.2 Å². The van der Waals surface area contributed by atoms with E-state index in [4.69, 9.17) is 0 Å². The van der Waals surface area contributed by atoms with Gasteiger partial charge in [-0.25, -0.2) is 0 Å². The molecular formula is H2Li2S3. The Kier molecular flexibility index (Phi) is 183. The molecule has 0 nitrogen and oxygen atoms in total. The van der Waals surface area contributed by atoms with Crippen molar-refractivity contribution in [3.05, 3.63) is 0 Å². The third-order valence-corrected chi connectivity index (χ3v) is 0. The minimum Gasteiger partial charge on any atom is -2.00 e. The Morgan fingerprint density at radius 1 is 0.800 bits per heavy atom. The quantitative estimate of drug-likeness (QED) is 0.175. The Morgan fingerprint density at radius 3 is 0.800 bits per heavy atom. The van der Waals surface area contributed by atoms with Gasteiger partial charge in [0.15, 0.2) is 0 Å². The van der Waals surface area contributed by atoms with E-state index in [1.807, 2.05) is 0 Å². The zero-order chi connectivity index (χ0) is 2.00. The van der Waals surface area contributed by atoms with E-state index >= 15 is 0 Å². The van der Waals surface area contributed by atoms with Crippen molar-refractivity contribution >= 4 is 36.8 Å². The van der Waals surface area contributed by atoms with Crippen LogP contribution in [0.15, 0.2) is 0 Å². The first-order chi connectivity index (χ1) is 1.00. The molecular weight excluding hydrogens is 110 g/mol. The van der Waals surface area contributed by atoms with Crippen molar-refractivity contribution in [1.82, 2.24) is 0 Å². The molecule has 0 amide bonds. The Hall–Kier alpha value is 2.24. The van der Waals surface area contributed by atoms with Crippen molar-refractivity contribution < 1.29 is 37.7 Å². The normalized spacial score (nSPS) is 1.20. The maximum atomic E-state index is 3.22. The molecule has 22 valence electrons. The zero-order valence-corrected chi connectivity index (χ0v) is 5.91. The first-order valence-corrected chi connectivity index (χ1v) is 1.80. The average Bonchev–Trinajstić information content (AvgIpc) is 1.00. The smallest absolute Gasteiger partial charge is 1.00 e. The molecule has 0 radical (unpaired) electrons. The molecule has 0 aromatic heterocycles. The molecule has 0 aliphatic carbocycles. The molecule has 0 aliphatic heterocycles. The van der Waals surface area contributed by atoms with Crippen molar-refractivity contribution in [2.45, 2.75) is 0 Å². The predicted octanol–water partition coefficient (Wildman–Crippen LogP) is -5.23. The van der Waals surface area contributed by atoms with Gasteiger partial charge in [-0.3, -0.25) is 0 Å². The second-order valence-corrected chi connectivity index (χ2v) is 0. The SMILES string of the molecule is SS.[Li+].[Li+].[S-2]. The predicted molar refractivity (Wildman–Crippen MR) is 25.3 cm³/mol. The number of hydrogen-bond donors (Lipinski definition) is 2. The maximum absolute atomic E-state index is 3.22. The van der Waals surface area contributed by atoms with Crippen LogP contribution in [0.25, 0.3) is 0 Å². The fraction of sp³-hybridized carbons (Fsp3) is 0. The second kappa shape index (κ2) is 34.1. The van der Waals surface area contributed by atoms with Crippen LogP contribution in [0.5, 0.6) is 0 Å². The molecule has 0 bridgehead atoms. The molecule has 0 saturated heterocycles. The molecule has 0 aliphatic rings.